The Morgan fingerprint density at radius 3 is 2.40 bits per heavy atom. The number of hydrogen-bond acceptors (Lipinski definition) is 3. The number of nitrogens with zero attached hydrogens (tertiary/aromatic N) is 1. The first-order chi connectivity index (χ1) is 9.72. The molecule has 1 aromatic heterocycles. The largest absolute Gasteiger partial charge is 0.395 e. The fraction of sp³-hybridized carbons (Fsp3) is 0.235. The van der Waals surface area contributed by atoms with Gasteiger partial charge in [-0.25, -0.2) is 0 Å². The van der Waals surface area contributed by atoms with Gasteiger partial charge in [0.2, 0.25) is 0 Å². The summed E-state index contributed by atoms with van der Waals surface area (Å²) in [6, 6.07) is 13.4. The van der Waals surface area contributed by atoms with Crippen LogP contribution in [0.4, 0.5) is 0 Å². The highest BCUT2D eigenvalue weighted by molar-refractivity contribution is 5.29. The van der Waals surface area contributed by atoms with E-state index in [0.29, 0.717) is 6.42 Å². The Morgan fingerprint density at radius 1 is 1.10 bits per heavy atom. The van der Waals surface area contributed by atoms with Crippen LogP contribution in [0.25, 0.3) is 0 Å². The number of aliphatic hydroxyl groups is 2. The van der Waals surface area contributed by atoms with E-state index in [1.807, 2.05) is 36.4 Å². The van der Waals surface area contributed by atoms with Crippen molar-refractivity contribution >= 4 is 0 Å². The highest BCUT2D eigenvalue weighted by Gasteiger charge is 2.18. The summed E-state index contributed by atoms with van der Waals surface area (Å²) in [6.07, 6.45) is 3.08. The van der Waals surface area contributed by atoms with Crippen molar-refractivity contribution in [1.29, 1.82) is 0 Å². The third kappa shape index (κ3) is 3.53. The van der Waals surface area contributed by atoms with Crippen LogP contribution in [0.1, 0.15) is 29.6 Å². The molecule has 2 atom stereocenters. The van der Waals surface area contributed by atoms with Gasteiger partial charge >= 0.3 is 0 Å². The molecule has 0 radical (unpaired) electrons. The second-order valence-electron chi connectivity index (χ2n) is 4.81. The summed E-state index contributed by atoms with van der Waals surface area (Å²) >= 11 is 0. The smallest absolute Gasteiger partial charge is 0.0842 e. The van der Waals surface area contributed by atoms with Crippen molar-refractivity contribution in [2.75, 3.05) is 6.61 Å². The van der Waals surface area contributed by atoms with Crippen LogP contribution < -0.4 is 0 Å². The Labute approximate surface area is 119 Å². The molecule has 2 aromatic rings. The molecule has 0 bridgehead atoms. The predicted octanol–water partition coefficient (Wildman–Crippen LogP) is 2.84. The first kappa shape index (κ1) is 14.4. The minimum absolute atomic E-state index is 0.0113. The Morgan fingerprint density at radius 2 is 1.80 bits per heavy atom. The molecule has 104 valence electrons. The summed E-state index contributed by atoms with van der Waals surface area (Å²) in [5, 5.41) is 19.8. The highest BCUT2D eigenvalue weighted by atomic mass is 16.3. The molecule has 1 heterocycles. The van der Waals surface area contributed by atoms with E-state index in [1.165, 1.54) is 0 Å². The molecule has 0 aliphatic heterocycles. The third-order valence-corrected chi connectivity index (χ3v) is 3.40. The Bertz CT molecular complexity index is 539. The molecule has 1 aromatic carbocycles. The average Bonchev–Trinajstić information content (AvgIpc) is 2.50. The van der Waals surface area contributed by atoms with Crippen LogP contribution in [-0.4, -0.2) is 21.8 Å². The van der Waals surface area contributed by atoms with Gasteiger partial charge in [0, 0.05) is 18.3 Å². The Balaban J connectivity index is 2.07. The second-order valence-corrected chi connectivity index (χ2v) is 4.81. The molecule has 20 heavy (non-hydrogen) atoms. The molecule has 0 saturated heterocycles. The van der Waals surface area contributed by atoms with Gasteiger partial charge < -0.3 is 10.2 Å². The molecule has 3 heteroatoms. The van der Waals surface area contributed by atoms with E-state index in [4.69, 9.17) is 0 Å². The molecule has 0 amide bonds. The molecule has 0 fully saturated rings. The van der Waals surface area contributed by atoms with Crippen molar-refractivity contribution in [3.05, 3.63) is 78.1 Å². The zero-order chi connectivity index (χ0) is 14.4. The van der Waals surface area contributed by atoms with Gasteiger partial charge in [-0.1, -0.05) is 48.6 Å². The van der Waals surface area contributed by atoms with Crippen molar-refractivity contribution < 1.29 is 10.2 Å². The normalized spacial score (nSPS) is 13.7. The van der Waals surface area contributed by atoms with Crippen LogP contribution in [0.5, 0.6) is 0 Å². The second kappa shape index (κ2) is 6.98. The number of benzene rings is 1. The summed E-state index contributed by atoms with van der Waals surface area (Å²) in [4.78, 5) is 4.00. The van der Waals surface area contributed by atoms with Crippen molar-refractivity contribution in [2.45, 2.75) is 18.4 Å². The number of pyridine rings is 1. The van der Waals surface area contributed by atoms with E-state index < -0.39 is 6.10 Å². The maximum absolute atomic E-state index is 10.2. The van der Waals surface area contributed by atoms with Gasteiger partial charge in [-0.15, -0.1) is 0 Å². The summed E-state index contributed by atoms with van der Waals surface area (Å²) < 4.78 is 0. The van der Waals surface area contributed by atoms with E-state index >= 15 is 0 Å². The maximum atomic E-state index is 10.2. The molecule has 2 N–H and O–H groups in total. The molecular formula is C17H19NO2. The third-order valence-electron chi connectivity index (χ3n) is 3.40. The summed E-state index contributed by atoms with van der Waals surface area (Å²) in [6.45, 7) is 4.02. The van der Waals surface area contributed by atoms with Crippen molar-refractivity contribution in [3.8, 4) is 0 Å². The lowest BCUT2D eigenvalue weighted by Gasteiger charge is -2.20. The van der Waals surface area contributed by atoms with E-state index in [2.05, 4.69) is 11.6 Å². The van der Waals surface area contributed by atoms with Crippen molar-refractivity contribution in [3.63, 3.8) is 0 Å². The lowest BCUT2D eigenvalue weighted by molar-refractivity contribution is 0.173. The monoisotopic (exact) mass is 269 g/mol. The molecular weight excluding hydrogens is 250 g/mol. The standard InChI is InChI=1S/C17H19NO2/c1-13(10-17(20)15-8-5-9-18-11-15)16(12-19)14-6-3-2-4-7-14/h2-9,11,16-17,19-20H,1,10,12H2/t16-,17+/m1/s1. The minimum atomic E-state index is -0.644. The lowest BCUT2D eigenvalue weighted by Crippen LogP contribution is -2.10. The van der Waals surface area contributed by atoms with Gasteiger partial charge in [-0.2, -0.15) is 0 Å². The van der Waals surface area contributed by atoms with Gasteiger partial charge in [0.1, 0.15) is 0 Å². The molecule has 0 aliphatic carbocycles. The lowest BCUT2D eigenvalue weighted by atomic mass is 9.88. The molecule has 0 aliphatic rings. The van der Waals surface area contributed by atoms with Crippen molar-refractivity contribution in [2.24, 2.45) is 0 Å². The summed E-state index contributed by atoms with van der Waals surface area (Å²) in [5.74, 6) is -0.150. The van der Waals surface area contributed by atoms with Crippen LogP contribution >= 0.6 is 0 Å². The molecule has 0 unspecified atom stereocenters. The van der Waals surface area contributed by atoms with Gasteiger partial charge in [0.25, 0.3) is 0 Å². The Hall–Kier alpha value is -1.97. The zero-order valence-corrected chi connectivity index (χ0v) is 11.3. The van der Waals surface area contributed by atoms with Crippen molar-refractivity contribution in [1.82, 2.24) is 4.98 Å². The fourth-order valence-electron chi connectivity index (χ4n) is 2.24. The van der Waals surface area contributed by atoms with Crippen LogP contribution in [0, 0.1) is 0 Å². The van der Waals surface area contributed by atoms with Crippen LogP contribution in [0.2, 0.25) is 0 Å². The Kier molecular flexibility index (Phi) is 5.04. The van der Waals surface area contributed by atoms with Gasteiger partial charge in [-0.05, 0) is 23.6 Å². The number of hydrogen-bond donors (Lipinski definition) is 2. The predicted molar refractivity (Wildman–Crippen MR) is 79.2 cm³/mol. The fourth-order valence-corrected chi connectivity index (χ4v) is 2.24. The van der Waals surface area contributed by atoms with E-state index in [-0.39, 0.29) is 12.5 Å². The quantitative estimate of drug-likeness (QED) is 0.793. The van der Waals surface area contributed by atoms with Crippen LogP contribution in [0.3, 0.4) is 0 Å². The first-order valence-electron chi connectivity index (χ1n) is 6.64. The SMILES string of the molecule is C=C(C[C@H](O)c1cccnc1)[C@@H](CO)c1ccccc1. The van der Waals surface area contributed by atoms with E-state index in [1.54, 1.807) is 18.5 Å². The molecule has 2 rings (SSSR count). The van der Waals surface area contributed by atoms with Gasteiger partial charge in [-0.3, -0.25) is 4.98 Å². The summed E-state index contributed by atoms with van der Waals surface area (Å²) in [5.41, 5.74) is 2.59. The van der Waals surface area contributed by atoms with Gasteiger partial charge in [0.15, 0.2) is 0 Å². The van der Waals surface area contributed by atoms with E-state index in [0.717, 1.165) is 16.7 Å². The zero-order valence-electron chi connectivity index (χ0n) is 11.3. The molecule has 0 spiro atoms. The number of rotatable bonds is 6. The maximum Gasteiger partial charge on any atom is 0.0842 e. The topological polar surface area (TPSA) is 53.4 Å². The first-order valence-corrected chi connectivity index (χ1v) is 6.64. The average molecular weight is 269 g/mol. The minimum Gasteiger partial charge on any atom is -0.395 e. The number of aromatic nitrogens is 1. The van der Waals surface area contributed by atoms with Gasteiger partial charge in [0.05, 0.1) is 12.7 Å². The molecule has 3 nitrogen and oxygen atoms in total. The van der Waals surface area contributed by atoms with E-state index in [9.17, 15) is 10.2 Å². The highest BCUT2D eigenvalue weighted by Crippen LogP contribution is 2.29. The van der Waals surface area contributed by atoms with Crippen LogP contribution in [0.15, 0.2) is 67.0 Å². The molecule has 0 saturated carbocycles. The number of aliphatic hydroxyl groups excluding tert-OH is 2. The van der Waals surface area contributed by atoms with Crippen LogP contribution in [-0.2, 0) is 0 Å². The summed E-state index contributed by atoms with van der Waals surface area (Å²) in [7, 11) is 0.